The molecule has 0 spiro atoms. The van der Waals surface area contributed by atoms with Crippen LogP contribution in [0.5, 0.6) is 0 Å². The van der Waals surface area contributed by atoms with Crippen LogP contribution in [0.2, 0.25) is 5.02 Å². The third kappa shape index (κ3) is 4.66. The van der Waals surface area contributed by atoms with Crippen molar-refractivity contribution < 1.29 is 0 Å². The van der Waals surface area contributed by atoms with Crippen LogP contribution in [0.3, 0.4) is 0 Å². The maximum absolute atomic E-state index is 6.25. The Hall–Kier alpha value is -4.89. The number of nitrogens with zero attached hydrogens (tertiary/aromatic N) is 1. The average Bonchev–Trinajstić information content (AvgIpc) is 3.45. The van der Waals surface area contributed by atoms with Crippen molar-refractivity contribution in [1.82, 2.24) is 0 Å². The van der Waals surface area contributed by atoms with Crippen molar-refractivity contribution in [3.63, 3.8) is 0 Å². The zero-order chi connectivity index (χ0) is 28.8. The molecule has 1 heterocycles. The maximum atomic E-state index is 6.25. The van der Waals surface area contributed by atoms with Gasteiger partial charge in [-0.15, -0.1) is 11.3 Å². The molecule has 0 atom stereocenters. The van der Waals surface area contributed by atoms with Gasteiger partial charge in [-0.05, 0) is 87.6 Å². The molecule has 43 heavy (non-hydrogen) atoms. The minimum Gasteiger partial charge on any atom is -0.310 e. The molecule has 0 amide bonds. The highest BCUT2D eigenvalue weighted by Crippen LogP contribution is 2.46. The molecular formula is C40H26ClNS. The van der Waals surface area contributed by atoms with Gasteiger partial charge in [-0.25, -0.2) is 0 Å². The monoisotopic (exact) mass is 587 g/mol. The van der Waals surface area contributed by atoms with Gasteiger partial charge < -0.3 is 4.90 Å². The molecule has 0 unspecified atom stereocenters. The number of anilines is 3. The summed E-state index contributed by atoms with van der Waals surface area (Å²) < 4.78 is 2.58. The van der Waals surface area contributed by atoms with Crippen LogP contribution < -0.4 is 4.90 Å². The van der Waals surface area contributed by atoms with Crippen molar-refractivity contribution in [2.24, 2.45) is 0 Å². The standard InChI is InChI=1S/C40H26ClNS/c41-31-20-17-28(18-21-31)35-23-24-36(40-39(35)37-15-6-7-16-38(37)43-40)30-11-8-14-33(26-30)42(32-12-2-1-3-13-32)34-22-19-27-9-4-5-10-29(27)25-34/h1-26H. The van der Waals surface area contributed by atoms with Crippen molar-refractivity contribution in [2.45, 2.75) is 0 Å². The van der Waals surface area contributed by atoms with E-state index in [0.717, 1.165) is 22.1 Å². The van der Waals surface area contributed by atoms with Gasteiger partial charge in [0.15, 0.2) is 0 Å². The van der Waals surface area contributed by atoms with E-state index in [9.17, 15) is 0 Å². The van der Waals surface area contributed by atoms with Gasteiger partial charge >= 0.3 is 0 Å². The Bertz CT molecular complexity index is 2250. The van der Waals surface area contributed by atoms with Gasteiger partial charge in [0.1, 0.15) is 0 Å². The molecule has 0 bridgehead atoms. The molecular weight excluding hydrogens is 562 g/mol. The molecule has 0 fully saturated rings. The van der Waals surface area contributed by atoms with Crippen molar-refractivity contribution in [1.29, 1.82) is 0 Å². The van der Waals surface area contributed by atoms with Crippen LogP contribution in [0.25, 0.3) is 53.2 Å². The smallest absolute Gasteiger partial charge is 0.0468 e. The number of hydrogen-bond acceptors (Lipinski definition) is 2. The number of fused-ring (bicyclic) bond motifs is 4. The molecule has 0 saturated carbocycles. The van der Waals surface area contributed by atoms with E-state index in [1.807, 2.05) is 23.5 Å². The van der Waals surface area contributed by atoms with Crippen molar-refractivity contribution in [3.8, 4) is 22.3 Å². The molecule has 0 aliphatic rings. The lowest BCUT2D eigenvalue weighted by Crippen LogP contribution is -2.09. The van der Waals surface area contributed by atoms with Crippen LogP contribution in [0.1, 0.15) is 0 Å². The highest BCUT2D eigenvalue weighted by Gasteiger charge is 2.18. The molecule has 7 aromatic carbocycles. The molecule has 0 aliphatic heterocycles. The Morgan fingerprint density at radius 3 is 2.02 bits per heavy atom. The van der Waals surface area contributed by atoms with E-state index in [1.165, 1.54) is 53.2 Å². The normalized spacial score (nSPS) is 11.4. The molecule has 3 heteroatoms. The third-order valence-electron chi connectivity index (χ3n) is 8.10. The van der Waals surface area contributed by atoms with E-state index in [0.29, 0.717) is 0 Å². The van der Waals surface area contributed by atoms with E-state index < -0.39 is 0 Å². The fourth-order valence-corrected chi connectivity index (χ4v) is 7.47. The van der Waals surface area contributed by atoms with Gasteiger partial charge in [0.2, 0.25) is 0 Å². The zero-order valence-electron chi connectivity index (χ0n) is 23.2. The summed E-state index contributed by atoms with van der Waals surface area (Å²) in [5.74, 6) is 0. The van der Waals surface area contributed by atoms with Crippen LogP contribution in [0, 0.1) is 0 Å². The summed E-state index contributed by atoms with van der Waals surface area (Å²) in [7, 11) is 0. The average molecular weight is 588 g/mol. The minimum absolute atomic E-state index is 0.748. The number of thiophene rings is 1. The minimum atomic E-state index is 0.748. The van der Waals surface area contributed by atoms with Crippen LogP contribution >= 0.6 is 22.9 Å². The number of benzene rings is 7. The molecule has 8 rings (SSSR count). The topological polar surface area (TPSA) is 3.24 Å². The predicted octanol–water partition coefficient (Wildman–Crippen LogP) is 12.7. The van der Waals surface area contributed by atoms with Gasteiger partial charge in [0, 0.05) is 42.3 Å². The Labute approximate surface area is 259 Å². The van der Waals surface area contributed by atoms with E-state index >= 15 is 0 Å². The highest BCUT2D eigenvalue weighted by molar-refractivity contribution is 7.26. The highest BCUT2D eigenvalue weighted by atomic mass is 35.5. The summed E-state index contributed by atoms with van der Waals surface area (Å²) in [6.45, 7) is 0. The second kappa shape index (κ2) is 10.7. The van der Waals surface area contributed by atoms with Crippen LogP contribution in [0.15, 0.2) is 158 Å². The lowest BCUT2D eigenvalue weighted by molar-refractivity contribution is 1.29. The fourth-order valence-electron chi connectivity index (χ4n) is 6.08. The summed E-state index contributed by atoms with van der Waals surface area (Å²) in [5, 5.41) is 5.79. The first kappa shape index (κ1) is 25.8. The molecule has 1 nitrogen and oxygen atoms in total. The molecule has 8 aromatic rings. The number of halogens is 1. The quantitative estimate of drug-likeness (QED) is 0.193. The van der Waals surface area contributed by atoms with Crippen LogP contribution in [0.4, 0.5) is 17.1 Å². The van der Waals surface area contributed by atoms with Crippen LogP contribution in [-0.4, -0.2) is 0 Å². The molecule has 204 valence electrons. The van der Waals surface area contributed by atoms with Crippen LogP contribution in [-0.2, 0) is 0 Å². The van der Waals surface area contributed by atoms with Crippen molar-refractivity contribution in [2.75, 3.05) is 4.90 Å². The van der Waals surface area contributed by atoms with Gasteiger partial charge in [0.25, 0.3) is 0 Å². The molecule has 0 N–H and O–H groups in total. The first-order chi connectivity index (χ1) is 21.2. The fraction of sp³-hybridized carbons (Fsp3) is 0. The van der Waals surface area contributed by atoms with E-state index in [-0.39, 0.29) is 0 Å². The largest absolute Gasteiger partial charge is 0.310 e. The number of para-hydroxylation sites is 1. The Morgan fingerprint density at radius 2 is 1.16 bits per heavy atom. The first-order valence-corrected chi connectivity index (χ1v) is 15.6. The second-order valence-corrected chi connectivity index (χ2v) is 12.2. The zero-order valence-corrected chi connectivity index (χ0v) is 24.8. The summed E-state index contributed by atoms with van der Waals surface area (Å²) in [4.78, 5) is 2.35. The van der Waals surface area contributed by atoms with Gasteiger partial charge in [0.05, 0.1) is 0 Å². The molecule has 0 aliphatic carbocycles. The SMILES string of the molecule is Clc1ccc(-c2ccc(-c3cccc(N(c4ccccc4)c4ccc5ccccc5c4)c3)c3sc4ccccc4c23)cc1. The van der Waals surface area contributed by atoms with Gasteiger partial charge in [-0.2, -0.15) is 0 Å². The summed E-state index contributed by atoms with van der Waals surface area (Å²) in [5.41, 5.74) is 8.21. The molecule has 0 radical (unpaired) electrons. The summed E-state index contributed by atoms with van der Waals surface area (Å²) in [6.07, 6.45) is 0. The maximum Gasteiger partial charge on any atom is 0.0468 e. The van der Waals surface area contributed by atoms with Gasteiger partial charge in [-0.1, -0.05) is 115 Å². The lowest BCUT2D eigenvalue weighted by Gasteiger charge is -2.26. The first-order valence-electron chi connectivity index (χ1n) is 14.4. The Morgan fingerprint density at radius 1 is 0.465 bits per heavy atom. The molecule has 0 saturated heterocycles. The predicted molar refractivity (Wildman–Crippen MR) is 187 cm³/mol. The Balaban J connectivity index is 1.32. The third-order valence-corrected chi connectivity index (χ3v) is 9.56. The van der Waals surface area contributed by atoms with Gasteiger partial charge in [-0.3, -0.25) is 0 Å². The Kier molecular flexibility index (Phi) is 6.44. The van der Waals surface area contributed by atoms with Crippen molar-refractivity contribution in [3.05, 3.63) is 163 Å². The summed E-state index contributed by atoms with van der Waals surface area (Å²) in [6, 6.07) is 56.2. The van der Waals surface area contributed by atoms with E-state index in [2.05, 4.69) is 150 Å². The summed E-state index contributed by atoms with van der Waals surface area (Å²) >= 11 is 8.12. The van der Waals surface area contributed by atoms with Crippen molar-refractivity contribution >= 4 is 70.9 Å². The van der Waals surface area contributed by atoms with E-state index in [1.54, 1.807) is 0 Å². The van der Waals surface area contributed by atoms with E-state index in [4.69, 9.17) is 11.6 Å². The number of rotatable bonds is 5. The number of hydrogen-bond donors (Lipinski definition) is 0. The molecule has 1 aromatic heterocycles. The second-order valence-electron chi connectivity index (χ2n) is 10.7. The lowest BCUT2D eigenvalue weighted by atomic mass is 9.94.